The number of hydrogen-bond donors (Lipinski definition) is 2. The van der Waals surface area contributed by atoms with Crippen LogP contribution >= 0.6 is 0 Å². The van der Waals surface area contributed by atoms with Crippen molar-refractivity contribution in [2.75, 3.05) is 13.6 Å². The Labute approximate surface area is 67.3 Å². The molecule has 0 bridgehead atoms. The first-order chi connectivity index (χ1) is 5.14. The number of carbonyl (C=O) groups excluding carboxylic acids is 1. The summed E-state index contributed by atoms with van der Waals surface area (Å²) in [5.41, 5.74) is 5.32. The molecule has 3 N–H and O–H groups in total. The van der Waals surface area contributed by atoms with Gasteiger partial charge in [0.05, 0.1) is 5.41 Å². The fraction of sp³-hybridized carbons (Fsp3) is 0.875. The molecule has 3 nitrogen and oxygen atoms in total. The first-order valence-corrected chi connectivity index (χ1v) is 4.07. The van der Waals surface area contributed by atoms with E-state index in [2.05, 4.69) is 12.2 Å². The molecule has 0 spiro atoms. The second-order valence-electron chi connectivity index (χ2n) is 3.58. The number of amides is 1. The van der Waals surface area contributed by atoms with Crippen molar-refractivity contribution in [3.63, 3.8) is 0 Å². The summed E-state index contributed by atoms with van der Waals surface area (Å²) < 4.78 is 0. The maximum absolute atomic E-state index is 11.3. The van der Waals surface area contributed by atoms with Gasteiger partial charge in [-0.3, -0.25) is 4.79 Å². The van der Waals surface area contributed by atoms with Crippen molar-refractivity contribution in [2.24, 2.45) is 17.1 Å². The predicted molar refractivity (Wildman–Crippen MR) is 44.0 cm³/mol. The smallest absolute Gasteiger partial charge is 0.227 e. The molecule has 0 aliphatic heterocycles. The number of nitrogens with one attached hydrogen (secondary N) is 1. The molecule has 1 saturated carbocycles. The fourth-order valence-electron chi connectivity index (χ4n) is 1.98. The van der Waals surface area contributed by atoms with Crippen molar-refractivity contribution < 1.29 is 4.79 Å². The van der Waals surface area contributed by atoms with Gasteiger partial charge in [-0.15, -0.1) is 0 Å². The maximum atomic E-state index is 11.3. The third-order valence-electron chi connectivity index (χ3n) is 2.58. The van der Waals surface area contributed by atoms with E-state index < -0.39 is 0 Å². The summed E-state index contributed by atoms with van der Waals surface area (Å²) in [7, 11) is 1.67. The lowest BCUT2D eigenvalue weighted by Gasteiger charge is -2.43. The molecule has 0 aromatic carbocycles. The van der Waals surface area contributed by atoms with Gasteiger partial charge in [0.25, 0.3) is 0 Å². The normalized spacial score (nSPS) is 36.1. The van der Waals surface area contributed by atoms with Gasteiger partial charge in [-0.25, -0.2) is 0 Å². The topological polar surface area (TPSA) is 55.1 Å². The zero-order valence-electron chi connectivity index (χ0n) is 7.18. The predicted octanol–water partition coefficient (Wildman–Crippen LogP) is 0.107. The van der Waals surface area contributed by atoms with Crippen molar-refractivity contribution in [2.45, 2.75) is 19.8 Å². The average molecular weight is 156 g/mol. The lowest BCUT2D eigenvalue weighted by Crippen LogP contribution is -2.52. The van der Waals surface area contributed by atoms with Gasteiger partial charge < -0.3 is 11.1 Å². The Kier molecular flexibility index (Phi) is 2.18. The van der Waals surface area contributed by atoms with Crippen LogP contribution < -0.4 is 11.1 Å². The molecule has 0 atom stereocenters. The Bertz CT molecular complexity index is 161. The highest BCUT2D eigenvalue weighted by Gasteiger charge is 2.46. The van der Waals surface area contributed by atoms with Gasteiger partial charge in [0.2, 0.25) is 5.91 Å². The van der Waals surface area contributed by atoms with Crippen LogP contribution in [0.3, 0.4) is 0 Å². The van der Waals surface area contributed by atoms with E-state index in [-0.39, 0.29) is 11.3 Å². The zero-order valence-corrected chi connectivity index (χ0v) is 7.18. The minimum atomic E-state index is -0.228. The molecule has 1 rings (SSSR count). The van der Waals surface area contributed by atoms with Gasteiger partial charge in [0, 0.05) is 13.6 Å². The molecule has 1 amide bonds. The minimum absolute atomic E-state index is 0.109. The average Bonchev–Trinajstić information content (AvgIpc) is 1.96. The summed E-state index contributed by atoms with van der Waals surface area (Å²) in [5, 5.41) is 2.66. The molecule has 0 aromatic heterocycles. The SMILES string of the molecule is CNC(=O)C1(CN)CC(C)C1. The molecule has 0 saturated heterocycles. The van der Waals surface area contributed by atoms with Crippen molar-refractivity contribution in [3.05, 3.63) is 0 Å². The van der Waals surface area contributed by atoms with Gasteiger partial charge in [-0.2, -0.15) is 0 Å². The quantitative estimate of drug-likeness (QED) is 0.596. The second-order valence-corrected chi connectivity index (χ2v) is 3.58. The Morgan fingerprint density at radius 2 is 2.27 bits per heavy atom. The third kappa shape index (κ3) is 1.25. The van der Waals surface area contributed by atoms with Crippen LogP contribution in [0, 0.1) is 11.3 Å². The highest BCUT2D eigenvalue weighted by molar-refractivity contribution is 5.83. The number of hydrogen-bond acceptors (Lipinski definition) is 2. The van der Waals surface area contributed by atoms with E-state index in [0.717, 1.165) is 12.8 Å². The molecule has 0 aromatic rings. The first-order valence-electron chi connectivity index (χ1n) is 4.07. The van der Waals surface area contributed by atoms with E-state index in [1.807, 2.05) is 0 Å². The van der Waals surface area contributed by atoms with Crippen LogP contribution in [0.5, 0.6) is 0 Å². The lowest BCUT2D eigenvalue weighted by molar-refractivity contribution is -0.137. The van der Waals surface area contributed by atoms with Crippen molar-refractivity contribution in [1.82, 2.24) is 5.32 Å². The Balaban J connectivity index is 2.57. The van der Waals surface area contributed by atoms with Crippen LogP contribution in [0.25, 0.3) is 0 Å². The molecule has 3 heteroatoms. The highest BCUT2D eigenvalue weighted by atomic mass is 16.2. The van der Waals surface area contributed by atoms with Crippen LogP contribution in [0.4, 0.5) is 0 Å². The van der Waals surface area contributed by atoms with Crippen LogP contribution in [0.2, 0.25) is 0 Å². The molecular formula is C8H16N2O. The van der Waals surface area contributed by atoms with E-state index in [1.54, 1.807) is 7.05 Å². The molecule has 1 aliphatic carbocycles. The standard InChI is InChI=1S/C8H16N2O/c1-6-3-8(4-6,5-9)7(11)10-2/h6H,3-5,9H2,1-2H3,(H,10,11). The van der Waals surface area contributed by atoms with Crippen LogP contribution in [-0.2, 0) is 4.79 Å². The lowest BCUT2D eigenvalue weighted by atomic mass is 9.62. The van der Waals surface area contributed by atoms with E-state index in [1.165, 1.54) is 0 Å². The first kappa shape index (κ1) is 8.53. The van der Waals surface area contributed by atoms with E-state index in [4.69, 9.17) is 5.73 Å². The molecule has 1 aliphatic rings. The van der Waals surface area contributed by atoms with Crippen LogP contribution in [0.15, 0.2) is 0 Å². The molecule has 0 unspecified atom stereocenters. The fourth-order valence-corrected chi connectivity index (χ4v) is 1.98. The van der Waals surface area contributed by atoms with Crippen molar-refractivity contribution in [3.8, 4) is 0 Å². The number of nitrogens with two attached hydrogens (primary N) is 1. The summed E-state index contributed by atoms with van der Waals surface area (Å²) in [6.45, 7) is 2.63. The monoisotopic (exact) mass is 156 g/mol. The van der Waals surface area contributed by atoms with Gasteiger partial charge in [-0.1, -0.05) is 6.92 Å². The van der Waals surface area contributed by atoms with Gasteiger partial charge in [0.1, 0.15) is 0 Å². The van der Waals surface area contributed by atoms with E-state index in [9.17, 15) is 4.79 Å². The summed E-state index contributed by atoms with van der Waals surface area (Å²) in [4.78, 5) is 11.3. The third-order valence-corrected chi connectivity index (χ3v) is 2.58. The van der Waals surface area contributed by atoms with E-state index in [0.29, 0.717) is 12.5 Å². The van der Waals surface area contributed by atoms with Crippen molar-refractivity contribution in [1.29, 1.82) is 0 Å². The number of carbonyl (C=O) groups is 1. The molecule has 0 heterocycles. The molecule has 64 valence electrons. The molecule has 0 radical (unpaired) electrons. The molecule has 1 fully saturated rings. The van der Waals surface area contributed by atoms with E-state index >= 15 is 0 Å². The van der Waals surface area contributed by atoms with Crippen LogP contribution in [0.1, 0.15) is 19.8 Å². The minimum Gasteiger partial charge on any atom is -0.359 e. The molecule has 11 heavy (non-hydrogen) atoms. The Morgan fingerprint density at radius 3 is 2.55 bits per heavy atom. The highest BCUT2D eigenvalue weighted by Crippen LogP contribution is 2.44. The zero-order chi connectivity index (χ0) is 8.48. The molecular weight excluding hydrogens is 140 g/mol. The Morgan fingerprint density at radius 1 is 1.73 bits per heavy atom. The Hall–Kier alpha value is -0.570. The summed E-state index contributed by atoms with van der Waals surface area (Å²) in [6.07, 6.45) is 1.90. The van der Waals surface area contributed by atoms with Crippen LogP contribution in [-0.4, -0.2) is 19.5 Å². The second kappa shape index (κ2) is 2.81. The van der Waals surface area contributed by atoms with Gasteiger partial charge >= 0.3 is 0 Å². The van der Waals surface area contributed by atoms with Crippen molar-refractivity contribution >= 4 is 5.91 Å². The summed E-state index contributed by atoms with van der Waals surface area (Å²) >= 11 is 0. The number of rotatable bonds is 2. The largest absolute Gasteiger partial charge is 0.359 e. The van der Waals surface area contributed by atoms with Gasteiger partial charge in [0.15, 0.2) is 0 Å². The van der Waals surface area contributed by atoms with Gasteiger partial charge in [-0.05, 0) is 18.8 Å². The summed E-state index contributed by atoms with van der Waals surface area (Å²) in [5.74, 6) is 0.772. The maximum Gasteiger partial charge on any atom is 0.227 e. The summed E-state index contributed by atoms with van der Waals surface area (Å²) in [6, 6.07) is 0.